The lowest BCUT2D eigenvalue weighted by Gasteiger charge is -2.32. The van der Waals surface area contributed by atoms with Gasteiger partial charge in [0.15, 0.2) is 0 Å². The van der Waals surface area contributed by atoms with Crippen LogP contribution in [0.25, 0.3) is 0 Å². The van der Waals surface area contributed by atoms with Gasteiger partial charge in [-0.25, -0.2) is 8.42 Å². The van der Waals surface area contributed by atoms with Gasteiger partial charge >= 0.3 is 0 Å². The van der Waals surface area contributed by atoms with Crippen molar-refractivity contribution in [3.63, 3.8) is 0 Å². The lowest BCUT2D eigenvalue weighted by atomic mass is 10.1. The molecule has 1 N–H and O–H groups in total. The van der Waals surface area contributed by atoms with Crippen molar-refractivity contribution in [1.82, 2.24) is 10.2 Å². The first-order valence-electron chi connectivity index (χ1n) is 11.7. The number of rotatable bonds is 12. The zero-order valence-corrected chi connectivity index (χ0v) is 22.7. The van der Waals surface area contributed by atoms with E-state index in [0.717, 1.165) is 27.8 Å². The van der Waals surface area contributed by atoms with Crippen LogP contribution in [0.1, 0.15) is 31.9 Å². The molecule has 0 radical (unpaired) electrons. The number of carbonyl (C=O) groups excluding carboxylic acids is 2. The third-order valence-corrected chi connectivity index (χ3v) is 6.77. The highest BCUT2D eigenvalue weighted by molar-refractivity contribution is 7.92. The van der Waals surface area contributed by atoms with Crippen molar-refractivity contribution in [2.24, 2.45) is 5.92 Å². The smallest absolute Gasteiger partial charge is 0.271 e. The van der Waals surface area contributed by atoms with Crippen LogP contribution in [0.2, 0.25) is 0 Å². The maximum atomic E-state index is 13.6. The third-order valence-electron chi connectivity index (χ3n) is 5.65. The van der Waals surface area contributed by atoms with Crippen molar-refractivity contribution in [2.75, 3.05) is 30.8 Å². The molecule has 11 nitrogen and oxygen atoms in total. The molecule has 0 aliphatic rings. The van der Waals surface area contributed by atoms with Crippen molar-refractivity contribution in [3.05, 3.63) is 63.7 Å². The van der Waals surface area contributed by atoms with Crippen molar-refractivity contribution in [3.8, 4) is 5.75 Å². The Morgan fingerprint density at radius 2 is 1.73 bits per heavy atom. The number of non-ortho nitro benzene ring substituents is 1. The van der Waals surface area contributed by atoms with E-state index in [4.69, 9.17) is 4.74 Å². The molecule has 0 aromatic heterocycles. The zero-order valence-electron chi connectivity index (χ0n) is 21.9. The molecule has 2 rings (SSSR count). The standard InChI is InChI=1S/C25H34N4O7S/c1-17(2)14-26-25(31)19(4)27(15-20-9-7-18(3)8-10-20)24(30)16-28(37(6,34)35)22-13-21(29(32)33)11-12-23(22)36-5/h7-13,17,19H,14-16H2,1-6H3,(H,26,31)/t19-/m1/s1. The number of nitrogens with one attached hydrogen (secondary N) is 1. The number of carbonyl (C=O) groups is 2. The minimum absolute atomic E-state index is 0.0386. The van der Waals surface area contributed by atoms with Crippen LogP contribution in [0, 0.1) is 23.0 Å². The molecule has 202 valence electrons. The third kappa shape index (κ3) is 8.17. The summed E-state index contributed by atoms with van der Waals surface area (Å²) in [4.78, 5) is 38.4. The van der Waals surface area contributed by atoms with Gasteiger partial charge < -0.3 is 15.0 Å². The Balaban J connectivity index is 2.48. The molecule has 0 spiro atoms. The molecule has 37 heavy (non-hydrogen) atoms. The normalized spacial score (nSPS) is 12.1. The summed E-state index contributed by atoms with van der Waals surface area (Å²) in [5, 5.41) is 14.1. The summed E-state index contributed by atoms with van der Waals surface area (Å²) in [6.07, 6.45) is 0.891. The Morgan fingerprint density at radius 1 is 1.11 bits per heavy atom. The highest BCUT2D eigenvalue weighted by Gasteiger charge is 2.32. The molecule has 2 amide bonds. The molecule has 12 heteroatoms. The number of aryl methyl sites for hydroxylation is 1. The van der Waals surface area contributed by atoms with Gasteiger partial charge in [0.1, 0.15) is 24.0 Å². The van der Waals surface area contributed by atoms with E-state index in [-0.39, 0.29) is 35.5 Å². The summed E-state index contributed by atoms with van der Waals surface area (Å²) < 4.78 is 31.5. The van der Waals surface area contributed by atoms with Crippen LogP contribution >= 0.6 is 0 Å². The van der Waals surface area contributed by atoms with E-state index in [0.29, 0.717) is 6.54 Å². The second kappa shape index (κ2) is 12.5. The minimum Gasteiger partial charge on any atom is -0.495 e. The molecule has 2 aromatic carbocycles. The summed E-state index contributed by atoms with van der Waals surface area (Å²) >= 11 is 0. The van der Waals surface area contributed by atoms with E-state index < -0.39 is 33.4 Å². The van der Waals surface area contributed by atoms with Gasteiger partial charge in [0, 0.05) is 25.2 Å². The Labute approximate surface area is 217 Å². The number of hydrogen-bond acceptors (Lipinski definition) is 7. The maximum Gasteiger partial charge on any atom is 0.271 e. The van der Waals surface area contributed by atoms with Gasteiger partial charge in [-0.05, 0) is 31.4 Å². The quantitative estimate of drug-likeness (QED) is 0.326. The summed E-state index contributed by atoms with van der Waals surface area (Å²) in [6.45, 7) is 7.15. The zero-order chi connectivity index (χ0) is 27.9. The van der Waals surface area contributed by atoms with Crippen LogP contribution in [-0.4, -0.2) is 62.6 Å². The highest BCUT2D eigenvalue weighted by atomic mass is 32.2. The summed E-state index contributed by atoms with van der Waals surface area (Å²) in [7, 11) is -2.80. The van der Waals surface area contributed by atoms with Crippen LogP contribution in [0.3, 0.4) is 0 Å². The number of hydrogen-bond donors (Lipinski definition) is 1. The van der Waals surface area contributed by atoms with Crippen LogP contribution in [-0.2, 0) is 26.2 Å². The second-order valence-corrected chi connectivity index (χ2v) is 11.1. The van der Waals surface area contributed by atoms with E-state index in [9.17, 15) is 28.1 Å². The van der Waals surface area contributed by atoms with Crippen molar-refractivity contribution >= 4 is 33.2 Å². The first kappa shape index (κ1) is 29.6. The molecule has 0 saturated heterocycles. The van der Waals surface area contributed by atoms with Gasteiger partial charge in [0.25, 0.3) is 5.69 Å². The highest BCUT2D eigenvalue weighted by Crippen LogP contribution is 2.33. The van der Waals surface area contributed by atoms with Crippen LogP contribution in [0.4, 0.5) is 11.4 Å². The molecule has 0 bridgehead atoms. The van der Waals surface area contributed by atoms with Crippen molar-refractivity contribution in [1.29, 1.82) is 0 Å². The molecule has 0 aliphatic carbocycles. The number of sulfonamides is 1. The first-order chi connectivity index (χ1) is 17.2. The lowest BCUT2D eigenvalue weighted by Crippen LogP contribution is -2.51. The molecular formula is C25H34N4O7S. The minimum atomic E-state index is -4.08. The Kier molecular flexibility index (Phi) is 10.0. The van der Waals surface area contributed by atoms with Gasteiger partial charge in [-0.2, -0.15) is 0 Å². The molecule has 2 aromatic rings. The van der Waals surface area contributed by atoms with Crippen LogP contribution < -0.4 is 14.4 Å². The van der Waals surface area contributed by atoms with Gasteiger partial charge in [-0.3, -0.25) is 24.0 Å². The van der Waals surface area contributed by atoms with E-state index >= 15 is 0 Å². The fourth-order valence-electron chi connectivity index (χ4n) is 3.51. The number of ether oxygens (including phenoxy) is 1. The first-order valence-corrected chi connectivity index (χ1v) is 13.5. The van der Waals surface area contributed by atoms with Crippen LogP contribution in [0.15, 0.2) is 42.5 Å². The van der Waals surface area contributed by atoms with Crippen LogP contribution in [0.5, 0.6) is 5.75 Å². The summed E-state index contributed by atoms with van der Waals surface area (Å²) in [5.41, 5.74) is 1.25. The topological polar surface area (TPSA) is 139 Å². The van der Waals surface area contributed by atoms with Gasteiger partial charge in [-0.1, -0.05) is 43.7 Å². The van der Waals surface area contributed by atoms with E-state index in [2.05, 4.69) is 5.32 Å². The predicted octanol–water partition coefficient (Wildman–Crippen LogP) is 2.87. The second-order valence-electron chi connectivity index (χ2n) is 9.21. The monoisotopic (exact) mass is 534 g/mol. The molecule has 1 atom stereocenters. The van der Waals surface area contributed by atoms with Gasteiger partial charge in [0.05, 0.1) is 18.3 Å². The molecular weight excluding hydrogens is 500 g/mol. The number of nitrogens with zero attached hydrogens (tertiary/aromatic N) is 3. The van der Waals surface area contributed by atoms with E-state index in [1.54, 1.807) is 6.92 Å². The Bertz CT molecular complexity index is 1230. The lowest BCUT2D eigenvalue weighted by molar-refractivity contribution is -0.384. The number of benzene rings is 2. The maximum absolute atomic E-state index is 13.6. The summed E-state index contributed by atoms with van der Waals surface area (Å²) in [6, 6.07) is 9.96. The largest absolute Gasteiger partial charge is 0.495 e. The Morgan fingerprint density at radius 3 is 2.24 bits per heavy atom. The number of amides is 2. The molecule has 0 heterocycles. The number of anilines is 1. The summed E-state index contributed by atoms with van der Waals surface area (Å²) in [5.74, 6) is -0.809. The molecule has 0 fully saturated rings. The van der Waals surface area contributed by atoms with Crippen molar-refractivity contribution in [2.45, 2.75) is 40.3 Å². The average molecular weight is 535 g/mol. The van der Waals surface area contributed by atoms with Crippen molar-refractivity contribution < 1.29 is 27.7 Å². The fourth-order valence-corrected chi connectivity index (χ4v) is 4.35. The average Bonchev–Trinajstić information content (AvgIpc) is 2.83. The molecule has 0 unspecified atom stereocenters. The number of nitro groups is 1. The van der Waals surface area contributed by atoms with Gasteiger partial charge in [0.2, 0.25) is 21.8 Å². The SMILES string of the molecule is COc1ccc([N+](=O)[O-])cc1N(CC(=O)N(Cc1ccc(C)cc1)[C@H](C)C(=O)NCC(C)C)S(C)(=O)=O. The molecule has 0 saturated carbocycles. The van der Waals surface area contributed by atoms with E-state index in [1.165, 1.54) is 24.1 Å². The number of methoxy groups -OCH3 is 1. The van der Waals surface area contributed by atoms with Gasteiger partial charge in [-0.15, -0.1) is 0 Å². The number of nitro benzene ring substituents is 1. The van der Waals surface area contributed by atoms with E-state index in [1.807, 2.05) is 45.0 Å². The Hall–Kier alpha value is -3.67. The fraction of sp³-hybridized carbons (Fsp3) is 0.440. The predicted molar refractivity (Wildman–Crippen MR) is 141 cm³/mol. The molecule has 0 aliphatic heterocycles.